The topological polar surface area (TPSA) is 96.4 Å². The number of rotatable bonds is 7. The molecule has 0 radical (unpaired) electrons. The number of hydrogen-bond donors (Lipinski definition) is 1. The molecule has 13 heteroatoms. The Hall–Kier alpha value is -4.00. The van der Waals surface area contributed by atoms with Crippen molar-refractivity contribution in [3.8, 4) is 17.2 Å². The van der Waals surface area contributed by atoms with E-state index in [0.717, 1.165) is 22.5 Å². The zero-order chi connectivity index (χ0) is 27.8. The Kier molecular flexibility index (Phi) is 7.15. The van der Waals surface area contributed by atoms with Crippen molar-refractivity contribution in [2.75, 3.05) is 18.5 Å². The fraction of sp³-hybridized carbons (Fsp3) is 0.240. The molecule has 0 saturated heterocycles. The standard InChI is InChI=1S/C25H22F4N2O6S/c1-36-19-6-3-16(23(11-19)37-2)14-31(22-8-5-18(32)10-21(22)26)38(34,35)20-7-4-15-12-30(13-17(15)9-20)24(33)25(27,28)29/h3-11,32H,12-14H2,1-2H3. The van der Waals surface area contributed by atoms with Crippen LogP contribution < -0.4 is 13.8 Å². The van der Waals surface area contributed by atoms with Crippen LogP contribution in [0.25, 0.3) is 0 Å². The maximum absolute atomic E-state index is 15.0. The number of benzene rings is 3. The monoisotopic (exact) mass is 554 g/mol. The normalized spacial score (nSPS) is 13.3. The summed E-state index contributed by atoms with van der Waals surface area (Å²) in [5, 5.41) is 9.65. The van der Waals surface area contributed by atoms with E-state index in [0.29, 0.717) is 21.8 Å². The number of hydrogen-bond acceptors (Lipinski definition) is 6. The summed E-state index contributed by atoms with van der Waals surface area (Å²) < 4.78 is 92.6. The van der Waals surface area contributed by atoms with E-state index in [2.05, 4.69) is 0 Å². The first kappa shape index (κ1) is 27.0. The molecule has 0 spiro atoms. The molecule has 0 unspecified atom stereocenters. The van der Waals surface area contributed by atoms with Gasteiger partial charge in [0.1, 0.15) is 17.2 Å². The van der Waals surface area contributed by atoms with Crippen molar-refractivity contribution in [2.45, 2.75) is 30.7 Å². The van der Waals surface area contributed by atoms with Crippen molar-refractivity contribution in [3.05, 3.63) is 77.1 Å². The largest absolute Gasteiger partial charge is 0.508 e. The first-order valence-corrected chi connectivity index (χ1v) is 12.5. The SMILES string of the molecule is COc1ccc(CN(c2ccc(O)cc2F)S(=O)(=O)c2ccc3c(c2)CN(C(=O)C(F)(F)F)C3)c(OC)c1. The number of aromatic hydroxyl groups is 1. The minimum absolute atomic E-state index is 0.219. The second-order valence-corrected chi connectivity index (χ2v) is 10.3. The molecule has 38 heavy (non-hydrogen) atoms. The van der Waals surface area contributed by atoms with Crippen LogP contribution in [0.1, 0.15) is 16.7 Å². The molecule has 0 bridgehead atoms. The molecule has 1 N–H and O–H groups in total. The van der Waals surface area contributed by atoms with Crippen molar-refractivity contribution in [1.29, 1.82) is 0 Å². The molecule has 8 nitrogen and oxygen atoms in total. The van der Waals surface area contributed by atoms with Gasteiger partial charge in [-0.15, -0.1) is 0 Å². The molecule has 0 saturated carbocycles. The van der Waals surface area contributed by atoms with Crippen LogP contribution in [0.15, 0.2) is 59.5 Å². The molecule has 0 atom stereocenters. The van der Waals surface area contributed by atoms with E-state index in [4.69, 9.17) is 9.47 Å². The van der Waals surface area contributed by atoms with E-state index in [9.17, 15) is 35.9 Å². The number of fused-ring (bicyclic) bond motifs is 1. The lowest BCUT2D eigenvalue weighted by Gasteiger charge is -2.26. The fourth-order valence-corrected chi connectivity index (χ4v) is 5.62. The van der Waals surface area contributed by atoms with Crippen molar-refractivity contribution in [1.82, 2.24) is 4.90 Å². The molecule has 1 aliphatic heterocycles. The van der Waals surface area contributed by atoms with Gasteiger partial charge in [-0.1, -0.05) is 6.07 Å². The highest BCUT2D eigenvalue weighted by atomic mass is 32.2. The van der Waals surface area contributed by atoms with Crippen molar-refractivity contribution >= 4 is 21.6 Å². The Bertz CT molecular complexity index is 1490. The highest BCUT2D eigenvalue weighted by Gasteiger charge is 2.44. The number of phenolic OH excluding ortho intramolecular Hbond substituents is 1. The summed E-state index contributed by atoms with van der Waals surface area (Å²) in [5.41, 5.74) is 0.556. The van der Waals surface area contributed by atoms with Gasteiger partial charge < -0.3 is 19.5 Å². The van der Waals surface area contributed by atoms with Crippen molar-refractivity contribution in [3.63, 3.8) is 0 Å². The van der Waals surface area contributed by atoms with Crippen LogP contribution in [-0.2, 0) is 34.5 Å². The summed E-state index contributed by atoms with van der Waals surface area (Å²) in [5.74, 6) is -2.77. The molecule has 4 rings (SSSR count). The molecule has 1 heterocycles. The maximum Gasteiger partial charge on any atom is 0.471 e. The highest BCUT2D eigenvalue weighted by Crippen LogP contribution is 2.35. The fourth-order valence-electron chi connectivity index (χ4n) is 4.12. The van der Waals surface area contributed by atoms with E-state index < -0.39 is 46.8 Å². The van der Waals surface area contributed by atoms with Gasteiger partial charge in [-0.3, -0.25) is 9.10 Å². The lowest BCUT2D eigenvalue weighted by molar-refractivity contribution is -0.186. The number of sulfonamides is 1. The summed E-state index contributed by atoms with van der Waals surface area (Å²) >= 11 is 0. The Balaban J connectivity index is 1.76. The molecule has 0 aliphatic carbocycles. The Morgan fingerprint density at radius 3 is 2.34 bits per heavy atom. The lowest BCUT2D eigenvalue weighted by Crippen LogP contribution is -2.37. The summed E-state index contributed by atoms with van der Waals surface area (Å²) in [4.78, 5) is 11.9. The van der Waals surface area contributed by atoms with Gasteiger partial charge in [0.05, 0.1) is 31.3 Å². The molecule has 0 aromatic heterocycles. The molecule has 3 aromatic rings. The molecule has 3 aromatic carbocycles. The van der Waals surface area contributed by atoms with Crippen LogP contribution in [0.5, 0.6) is 17.2 Å². The van der Waals surface area contributed by atoms with Crippen LogP contribution in [0.2, 0.25) is 0 Å². The molecule has 1 aliphatic rings. The summed E-state index contributed by atoms with van der Waals surface area (Å²) in [6.07, 6.45) is -5.07. The first-order valence-electron chi connectivity index (χ1n) is 11.0. The van der Waals surface area contributed by atoms with Crippen molar-refractivity contribution < 1.29 is 45.4 Å². The van der Waals surface area contributed by atoms with Crippen LogP contribution in [0.3, 0.4) is 0 Å². The summed E-state index contributed by atoms with van der Waals surface area (Å²) in [6, 6.07) is 11.3. The van der Waals surface area contributed by atoms with Gasteiger partial charge in [-0.25, -0.2) is 12.8 Å². The van der Waals surface area contributed by atoms with E-state index in [1.54, 1.807) is 12.1 Å². The third-order valence-corrected chi connectivity index (χ3v) is 7.78. The Labute approximate surface area is 215 Å². The Morgan fingerprint density at radius 2 is 1.71 bits per heavy atom. The van der Waals surface area contributed by atoms with Crippen molar-refractivity contribution in [2.24, 2.45) is 0 Å². The van der Waals surface area contributed by atoms with E-state index >= 15 is 0 Å². The molecule has 0 fully saturated rings. The minimum Gasteiger partial charge on any atom is -0.508 e. The number of alkyl halides is 3. The van der Waals surface area contributed by atoms with Gasteiger partial charge in [-0.2, -0.15) is 13.2 Å². The van der Waals surface area contributed by atoms with Gasteiger partial charge in [0.25, 0.3) is 10.0 Å². The predicted molar refractivity (Wildman–Crippen MR) is 128 cm³/mol. The van der Waals surface area contributed by atoms with Crippen LogP contribution in [-0.4, -0.2) is 44.7 Å². The zero-order valence-electron chi connectivity index (χ0n) is 20.1. The smallest absolute Gasteiger partial charge is 0.471 e. The number of anilines is 1. The third-order valence-electron chi connectivity index (χ3n) is 6.03. The van der Waals surface area contributed by atoms with E-state index in [-0.39, 0.29) is 28.4 Å². The van der Waals surface area contributed by atoms with E-state index in [1.807, 2.05) is 0 Å². The zero-order valence-corrected chi connectivity index (χ0v) is 20.9. The summed E-state index contributed by atoms with van der Waals surface area (Å²) in [6.45, 7) is -1.16. The second-order valence-electron chi connectivity index (χ2n) is 8.41. The van der Waals surface area contributed by atoms with Gasteiger partial charge in [0.15, 0.2) is 5.82 Å². The lowest BCUT2D eigenvalue weighted by atomic mass is 10.1. The number of carbonyl (C=O) groups excluding carboxylic acids is 1. The van der Waals surface area contributed by atoms with Gasteiger partial charge in [0.2, 0.25) is 0 Å². The quantitative estimate of drug-likeness (QED) is 0.437. The third kappa shape index (κ3) is 5.19. The number of halogens is 4. The van der Waals surface area contributed by atoms with Gasteiger partial charge >= 0.3 is 12.1 Å². The second kappa shape index (κ2) is 10.0. The molecule has 1 amide bonds. The van der Waals surface area contributed by atoms with E-state index in [1.165, 1.54) is 38.5 Å². The average molecular weight is 555 g/mol. The molecule has 202 valence electrons. The number of methoxy groups -OCH3 is 2. The number of nitrogens with zero attached hydrogens (tertiary/aromatic N) is 2. The highest BCUT2D eigenvalue weighted by molar-refractivity contribution is 7.92. The first-order chi connectivity index (χ1) is 17.8. The number of amides is 1. The van der Waals surface area contributed by atoms with Crippen LogP contribution >= 0.6 is 0 Å². The maximum atomic E-state index is 15.0. The number of ether oxygens (including phenoxy) is 2. The predicted octanol–water partition coefficient (Wildman–Crippen LogP) is 4.35. The molecular weight excluding hydrogens is 532 g/mol. The number of phenols is 1. The van der Waals surface area contributed by atoms with Crippen LogP contribution in [0.4, 0.5) is 23.2 Å². The number of carbonyl (C=O) groups is 1. The van der Waals surface area contributed by atoms with Gasteiger partial charge in [-0.05, 0) is 47.5 Å². The minimum atomic E-state index is -5.07. The van der Waals surface area contributed by atoms with Gasteiger partial charge in [0, 0.05) is 30.8 Å². The van der Waals surface area contributed by atoms with Crippen LogP contribution in [0, 0.1) is 5.82 Å². The summed E-state index contributed by atoms with van der Waals surface area (Å²) in [7, 11) is -1.71. The average Bonchev–Trinajstić information content (AvgIpc) is 3.30. The Morgan fingerprint density at radius 1 is 1.00 bits per heavy atom. The molecular formula is C25H22F4N2O6S.